The van der Waals surface area contributed by atoms with Gasteiger partial charge in [-0.3, -0.25) is 4.79 Å². The van der Waals surface area contributed by atoms with Crippen molar-refractivity contribution >= 4 is 34.2 Å². The Balaban J connectivity index is 2.01. The molecule has 2 aromatic carbocycles. The maximum atomic E-state index is 12.1. The van der Waals surface area contributed by atoms with Gasteiger partial charge in [-0.25, -0.2) is 0 Å². The van der Waals surface area contributed by atoms with Crippen molar-refractivity contribution in [2.24, 2.45) is 0 Å². The van der Waals surface area contributed by atoms with E-state index < -0.39 is 0 Å². The summed E-state index contributed by atoms with van der Waals surface area (Å²) in [6, 6.07) is 14.9. The third-order valence-electron chi connectivity index (χ3n) is 3.11. The van der Waals surface area contributed by atoms with Crippen LogP contribution in [0.15, 0.2) is 48.5 Å². The number of rotatable bonds is 5. The molecule has 0 aliphatic rings. The first-order valence-electron chi connectivity index (χ1n) is 6.92. The van der Waals surface area contributed by atoms with Gasteiger partial charge in [0, 0.05) is 14.8 Å². The first kappa shape index (κ1) is 15.8. The van der Waals surface area contributed by atoms with Gasteiger partial charge in [-0.05, 0) is 78.4 Å². The number of hydrogen-bond donors (Lipinski definition) is 1. The number of hydrogen-bond acceptors (Lipinski definition) is 2. The molecular formula is C17H18INO2. The topological polar surface area (TPSA) is 38.3 Å². The van der Waals surface area contributed by atoms with Crippen LogP contribution >= 0.6 is 22.6 Å². The Morgan fingerprint density at radius 3 is 2.57 bits per heavy atom. The van der Waals surface area contributed by atoms with Gasteiger partial charge in [-0.2, -0.15) is 0 Å². The predicted octanol–water partition coefficient (Wildman–Crippen LogP) is 4.72. The zero-order valence-electron chi connectivity index (χ0n) is 12.1. The van der Waals surface area contributed by atoms with E-state index in [1.54, 1.807) is 6.07 Å². The van der Waals surface area contributed by atoms with Gasteiger partial charge in [0.15, 0.2) is 0 Å². The highest BCUT2D eigenvalue weighted by atomic mass is 127. The Morgan fingerprint density at radius 2 is 1.95 bits per heavy atom. The van der Waals surface area contributed by atoms with E-state index in [0.29, 0.717) is 5.56 Å². The smallest absolute Gasteiger partial charge is 0.255 e. The summed E-state index contributed by atoms with van der Waals surface area (Å²) in [5.41, 5.74) is 1.41. The molecule has 0 aliphatic carbocycles. The molecule has 0 radical (unpaired) electrons. The summed E-state index contributed by atoms with van der Waals surface area (Å²) in [7, 11) is 0. The lowest BCUT2D eigenvalue weighted by Crippen LogP contribution is -2.12. The molecule has 2 aromatic rings. The molecule has 1 atom stereocenters. The first-order valence-corrected chi connectivity index (χ1v) is 8.00. The monoisotopic (exact) mass is 395 g/mol. The molecule has 0 aromatic heterocycles. The van der Waals surface area contributed by atoms with Crippen molar-refractivity contribution < 1.29 is 9.53 Å². The highest BCUT2D eigenvalue weighted by Gasteiger charge is 2.07. The number of nitrogens with one attached hydrogen (secondary N) is 1. The van der Waals surface area contributed by atoms with Crippen molar-refractivity contribution in [1.82, 2.24) is 0 Å². The molecule has 1 amide bonds. The molecular weight excluding hydrogens is 377 g/mol. The Kier molecular flexibility index (Phi) is 5.61. The maximum Gasteiger partial charge on any atom is 0.255 e. The van der Waals surface area contributed by atoms with Gasteiger partial charge in [0.1, 0.15) is 5.75 Å². The molecule has 2 rings (SSSR count). The SMILES string of the molecule is CCC(C)Oc1ccc(NC(=O)c2cccc(I)c2)cc1. The molecule has 1 unspecified atom stereocenters. The molecule has 0 aliphatic heterocycles. The summed E-state index contributed by atoms with van der Waals surface area (Å²) in [5.74, 6) is 0.709. The fourth-order valence-corrected chi connectivity index (χ4v) is 2.31. The van der Waals surface area contributed by atoms with Crippen LogP contribution in [-0.2, 0) is 0 Å². The van der Waals surface area contributed by atoms with Crippen molar-refractivity contribution in [3.63, 3.8) is 0 Å². The van der Waals surface area contributed by atoms with Crippen molar-refractivity contribution in [2.75, 3.05) is 5.32 Å². The van der Waals surface area contributed by atoms with Gasteiger partial charge in [-0.15, -0.1) is 0 Å². The summed E-state index contributed by atoms with van der Waals surface area (Å²) in [4.78, 5) is 12.1. The highest BCUT2D eigenvalue weighted by molar-refractivity contribution is 14.1. The van der Waals surface area contributed by atoms with E-state index in [9.17, 15) is 4.79 Å². The normalized spacial score (nSPS) is 11.8. The third kappa shape index (κ3) is 4.74. The number of carbonyl (C=O) groups excluding carboxylic acids is 1. The van der Waals surface area contributed by atoms with Crippen molar-refractivity contribution in [1.29, 1.82) is 0 Å². The van der Waals surface area contributed by atoms with Crippen molar-refractivity contribution in [3.8, 4) is 5.75 Å². The molecule has 3 nitrogen and oxygen atoms in total. The zero-order chi connectivity index (χ0) is 15.2. The van der Waals surface area contributed by atoms with Crippen LogP contribution in [-0.4, -0.2) is 12.0 Å². The van der Waals surface area contributed by atoms with Gasteiger partial charge in [-0.1, -0.05) is 13.0 Å². The van der Waals surface area contributed by atoms with E-state index >= 15 is 0 Å². The minimum absolute atomic E-state index is 0.107. The maximum absolute atomic E-state index is 12.1. The van der Waals surface area contributed by atoms with Crippen LogP contribution in [0.25, 0.3) is 0 Å². The molecule has 0 bridgehead atoms. The summed E-state index contributed by atoms with van der Waals surface area (Å²) in [5, 5.41) is 2.88. The van der Waals surface area contributed by atoms with Crippen molar-refractivity contribution in [3.05, 3.63) is 57.7 Å². The second-order valence-corrected chi connectivity index (χ2v) is 6.07. The third-order valence-corrected chi connectivity index (χ3v) is 3.78. The quantitative estimate of drug-likeness (QED) is 0.744. The Hall–Kier alpha value is -1.56. The van der Waals surface area contributed by atoms with Crippen LogP contribution < -0.4 is 10.1 Å². The average Bonchev–Trinajstić information content (AvgIpc) is 2.49. The Labute approximate surface area is 138 Å². The number of halogens is 1. The van der Waals surface area contributed by atoms with Gasteiger partial charge < -0.3 is 10.1 Å². The molecule has 4 heteroatoms. The fraction of sp³-hybridized carbons (Fsp3) is 0.235. The lowest BCUT2D eigenvalue weighted by molar-refractivity contribution is 0.102. The lowest BCUT2D eigenvalue weighted by atomic mass is 10.2. The minimum atomic E-state index is -0.107. The minimum Gasteiger partial charge on any atom is -0.491 e. The Bertz CT molecular complexity index is 610. The molecule has 0 fully saturated rings. The van der Waals surface area contributed by atoms with Crippen LogP contribution in [0, 0.1) is 3.57 Å². The van der Waals surface area contributed by atoms with Gasteiger partial charge in [0.25, 0.3) is 5.91 Å². The number of benzene rings is 2. The molecule has 0 saturated carbocycles. The number of carbonyl (C=O) groups is 1. The largest absolute Gasteiger partial charge is 0.491 e. The molecule has 21 heavy (non-hydrogen) atoms. The summed E-state index contributed by atoms with van der Waals surface area (Å²) >= 11 is 2.19. The molecule has 0 heterocycles. The Morgan fingerprint density at radius 1 is 1.24 bits per heavy atom. The fourth-order valence-electron chi connectivity index (χ4n) is 1.77. The molecule has 0 saturated heterocycles. The predicted molar refractivity (Wildman–Crippen MR) is 93.9 cm³/mol. The standard InChI is InChI=1S/C17H18INO2/c1-3-12(2)21-16-9-7-15(8-10-16)19-17(20)13-5-4-6-14(18)11-13/h4-12H,3H2,1-2H3,(H,19,20). The second-order valence-electron chi connectivity index (χ2n) is 4.83. The van der Waals surface area contributed by atoms with Crippen LogP contribution in [0.4, 0.5) is 5.69 Å². The van der Waals surface area contributed by atoms with Gasteiger partial charge in [0.2, 0.25) is 0 Å². The van der Waals surface area contributed by atoms with E-state index in [2.05, 4.69) is 34.8 Å². The number of amides is 1. The van der Waals surface area contributed by atoms with Crippen LogP contribution in [0.3, 0.4) is 0 Å². The molecule has 0 spiro atoms. The summed E-state index contributed by atoms with van der Waals surface area (Å²) in [6.45, 7) is 4.12. The van der Waals surface area contributed by atoms with Crippen LogP contribution in [0.5, 0.6) is 5.75 Å². The number of ether oxygens (including phenoxy) is 1. The lowest BCUT2D eigenvalue weighted by Gasteiger charge is -2.13. The molecule has 1 N–H and O–H groups in total. The van der Waals surface area contributed by atoms with Crippen LogP contribution in [0.2, 0.25) is 0 Å². The van der Waals surface area contributed by atoms with E-state index in [1.165, 1.54) is 0 Å². The number of anilines is 1. The summed E-state index contributed by atoms with van der Waals surface area (Å²) < 4.78 is 6.75. The van der Waals surface area contributed by atoms with Crippen molar-refractivity contribution in [2.45, 2.75) is 26.4 Å². The van der Waals surface area contributed by atoms with E-state index in [1.807, 2.05) is 49.4 Å². The molecule has 110 valence electrons. The van der Waals surface area contributed by atoms with E-state index in [4.69, 9.17) is 4.74 Å². The zero-order valence-corrected chi connectivity index (χ0v) is 14.3. The van der Waals surface area contributed by atoms with Gasteiger partial charge >= 0.3 is 0 Å². The second kappa shape index (κ2) is 7.45. The van der Waals surface area contributed by atoms with Crippen LogP contribution in [0.1, 0.15) is 30.6 Å². The van der Waals surface area contributed by atoms with E-state index in [-0.39, 0.29) is 12.0 Å². The van der Waals surface area contributed by atoms with E-state index in [0.717, 1.165) is 21.4 Å². The average molecular weight is 395 g/mol. The first-order chi connectivity index (χ1) is 10.1. The summed E-state index contributed by atoms with van der Waals surface area (Å²) in [6.07, 6.45) is 1.15. The highest BCUT2D eigenvalue weighted by Crippen LogP contribution is 2.18. The van der Waals surface area contributed by atoms with Gasteiger partial charge in [0.05, 0.1) is 6.10 Å².